The molecule has 4 rings (SSSR count). The van der Waals surface area contributed by atoms with E-state index in [1.54, 1.807) is 0 Å². The fourth-order valence-corrected chi connectivity index (χ4v) is 3.02. The van der Waals surface area contributed by atoms with Crippen LogP contribution in [0.5, 0.6) is 0 Å². The Balaban J connectivity index is 1.82. The van der Waals surface area contributed by atoms with E-state index in [-0.39, 0.29) is 0 Å². The number of allylic oxidation sites excluding steroid dienone is 1. The molecule has 3 aromatic rings. The van der Waals surface area contributed by atoms with Gasteiger partial charge in [-0.3, -0.25) is 0 Å². The number of pyridine rings is 2. The number of H-pyrrole nitrogens is 1. The highest BCUT2D eigenvalue weighted by Crippen LogP contribution is 2.42. The highest BCUT2D eigenvalue weighted by Gasteiger charge is 2.25. The Morgan fingerprint density at radius 3 is 2.96 bits per heavy atom. The second-order valence-corrected chi connectivity index (χ2v) is 6.37. The van der Waals surface area contributed by atoms with Crippen molar-refractivity contribution in [1.29, 1.82) is 0 Å². The quantitative estimate of drug-likeness (QED) is 0.656. The summed E-state index contributed by atoms with van der Waals surface area (Å²) in [6.45, 7) is 6.40. The van der Waals surface area contributed by atoms with E-state index in [2.05, 4.69) is 59.6 Å². The fourth-order valence-electron chi connectivity index (χ4n) is 3.02. The van der Waals surface area contributed by atoms with Gasteiger partial charge in [-0.2, -0.15) is 0 Å². The molecule has 5 heteroatoms. The Morgan fingerprint density at radius 1 is 1.29 bits per heavy atom. The van der Waals surface area contributed by atoms with Crippen LogP contribution in [-0.4, -0.2) is 21.0 Å². The molecule has 0 aliphatic carbocycles. The molecule has 0 saturated heterocycles. The van der Waals surface area contributed by atoms with Crippen LogP contribution in [0, 0.1) is 0 Å². The molecule has 1 aliphatic rings. The third-order valence-corrected chi connectivity index (χ3v) is 4.09. The molecular weight excluding hydrogens is 298 g/mol. The van der Waals surface area contributed by atoms with Gasteiger partial charge in [0.05, 0.1) is 16.9 Å². The number of fused-ring (bicyclic) bond motifs is 2. The number of aromatic amines is 1. The monoisotopic (exact) mass is 319 g/mol. The van der Waals surface area contributed by atoms with Crippen molar-refractivity contribution in [3.05, 3.63) is 42.2 Å². The molecule has 0 aromatic carbocycles. The summed E-state index contributed by atoms with van der Waals surface area (Å²) < 4.78 is 0. The number of nitrogens with zero attached hydrogens (tertiary/aromatic N) is 2. The highest BCUT2D eigenvalue weighted by atomic mass is 15.1. The van der Waals surface area contributed by atoms with Crippen LogP contribution in [0.4, 0.5) is 11.5 Å². The van der Waals surface area contributed by atoms with Crippen molar-refractivity contribution in [2.24, 2.45) is 0 Å². The molecule has 1 aliphatic heterocycles. The van der Waals surface area contributed by atoms with Crippen LogP contribution in [0.3, 0.4) is 0 Å². The van der Waals surface area contributed by atoms with Crippen molar-refractivity contribution >= 4 is 28.2 Å². The molecule has 122 valence electrons. The maximum Gasteiger partial charge on any atom is 0.138 e. The minimum atomic E-state index is 0.325. The van der Waals surface area contributed by atoms with Gasteiger partial charge in [0.25, 0.3) is 0 Å². The largest absolute Gasteiger partial charge is 0.367 e. The Morgan fingerprint density at radius 2 is 2.17 bits per heavy atom. The fraction of sp³-hybridized carbons (Fsp3) is 0.263. The van der Waals surface area contributed by atoms with Crippen LogP contribution >= 0.6 is 0 Å². The normalized spacial score (nSPS) is 14.6. The lowest BCUT2D eigenvalue weighted by Gasteiger charge is -2.29. The van der Waals surface area contributed by atoms with E-state index in [4.69, 9.17) is 4.98 Å². The van der Waals surface area contributed by atoms with Crippen molar-refractivity contribution in [1.82, 2.24) is 15.0 Å². The van der Waals surface area contributed by atoms with Gasteiger partial charge in [0.15, 0.2) is 0 Å². The van der Waals surface area contributed by atoms with Crippen molar-refractivity contribution in [2.75, 3.05) is 10.6 Å². The molecule has 0 bridgehead atoms. The first kappa shape index (κ1) is 14.8. The zero-order valence-corrected chi connectivity index (χ0v) is 14.1. The van der Waals surface area contributed by atoms with Gasteiger partial charge >= 0.3 is 0 Å². The Labute approximate surface area is 141 Å². The van der Waals surface area contributed by atoms with Crippen molar-refractivity contribution in [2.45, 2.75) is 33.2 Å². The SMILES string of the molecule is CC/C=C1\Nc2cc(-c3cnc4[nH]ccc4c3)nc(NC(C)C)c21. The van der Waals surface area contributed by atoms with Gasteiger partial charge in [-0.05, 0) is 38.5 Å². The lowest BCUT2D eigenvalue weighted by Crippen LogP contribution is -2.20. The van der Waals surface area contributed by atoms with Crippen LogP contribution in [0.1, 0.15) is 32.8 Å². The molecule has 0 atom stereocenters. The van der Waals surface area contributed by atoms with E-state index >= 15 is 0 Å². The summed E-state index contributed by atoms with van der Waals surface area (Å²) in [4.78, 5) is 12.5. The third kappa shape index (κ3) is 2.42. The number of anilines is 2. The second-order valence-electron chi connectivity index (χ2n) is 6.37. The van der Waals surface area contributed by atoms with E-state index in [0.717, 1.165) is 45.9 Å². The second kappa shape index (κ2) is 5.67. The molecule has 0 fully saturated rings. The molecule has 3 aromatic heterocycles. The van der Waals surface area contributed by atoms with Crippen LogP contribution in [0.2, 0.25) is 0 Å². The van der Waals surface area contributed by atoms with Gasteiger partial charge in [0.2, 0.25) is 0 Å². The first-order valence-corrected chi connectivity index (χ1v) is 8.38. The molecule has 0 unspecified atom stereocenters. The van der Waals surface area contributed by atoms with Gasteiger partial charge in [0, 0.05) is 35.1 Å². The maximum absolute atomic E-state index is 4.88. The molecule has 0 amide bonds. The summed E-state index contributed by atoms with van der Waals surface area (Å²) in [5, 5.41) is 8.00. The van der Waals surface area contributed by atoms with E-state index in [0.29, 0.717) is 6.04 Å². The number of rotatable bonds is 4. The molecule has 0 radical (unpaired) electrons. The smallest absolute Gasteiger partial charge is 0.138 e. The van der Waals surface area contributed by atoms with E-state index < -0.39 is 0 Å². The Hall–Kier alpha value is -2.82. The molecule has 24 heavy (non-hydrogen) atoms. The summed E-state index contributed by atoms with van der Waals surface area (Å²) >= 11 is 0. The van der Waals surface area contributed by atoms with Gasteiger partial charge < -0.3 is 15.6 Å². The third-order valence-electron chi connectivity index (χ3n) is 4.09. The molecule has 5 nitrogen and oxygen atoms in total. The lowest BCUT2D eigenvalue weighted by atomic mass is 9.99. The molecule has 0 saturated carbocycles. The van der Waals surface area contributed by atoms with Crippen LogP contribution in [0.25, 0.3) is 28.0 Å². The molecule has 0 spiro atoms. The van der Waals surface area contributed by atoms with E-state index in [1.807, 2.05) is 18.5 Å². The van der Waals surface area contributed by atoms with Crippen molar-refractivity contribution in [3.63, 3.8) is 0 Å². The molecule has 4 heterocycles. The van der Waals surface area contributed by atoms with Gasteiger partial charge in [-0.15, -0.1) is 0 Å². The number of nitrogens with one attached hydrogen (secondary N) is 3. The minimum Gasteiger partial charge on any atom is -0.367 e. The van der Waals surface area contributed by atoms with Gasteiger partial charge in [-0.25, -0.2) is 9.97 Å². The average Bonchev–Trinajstić information content (AvgIpc) is 2.99. The van der Waals surface area contributed by atoms with E-state index in [1.165, 1.54) is 5.56 Å². The summed E-state index contributed by atoms with van der Waals surface area (Å²) in [5.74, 6) is 0.935. The molecular formula is C19H21N5. The van der Waals surface area contributed by atoms with Crippen LogP contribution in [-0.2, 0) is 0 Å². The topological polar surface area (TPSA) is 65.6 Å². The minimum absolute atomic E-state index is 0.325. The van der Waals surface area contributed by atoms with Gasteiger partial charge in [0.1, 0.15) is 11.5 Å². The average molecular weight is 319 g/mol. The molecule has 3 N–H and O–H groups in total. The maximum atomic E-state index is 4.88. The summed E-state index contributed by atoms with van der Waals surface area (Å²) in [6, 6.07) is 6.57. The first-order valence-electron chi connectivity index (χ1n) is 8.38. The van der Waals surface area contributed by atoms with Gasteiger partial charge in [-0.1, -0.05) is 13.0 Å². The lowest BCUT2D eigenvalue weighted by molar-refractivity contribution is 0.887. The van der Waals surface area contributed by atoms with Crippen LogP contribution < -0.4 is 10.6 Å². The zero-order chi connectivity index (χ0) is 16.7. The summed E-state index contributed by atoms with van der Waals surface area (Å²) in [7, 11) is 0. The van der Waals surface area contributed by atoms with Crippen LogP contribution in [0.15, 0.2) is 36.7 Å². The predicted molar refractivity (Wildman–Crippen MR) is 100.0 cm³/mol. The highest BCUT2D eigenvalue weighted by molar-refractivity contribution is 6.00. The number of aromatic nitrogens is 3. The van der Waals surface area contributed by atoms with Crippen molar-refractivity contribution < 1.29 is 0 Å². The zero-order valence-electron chi connectivity index (χ0n) is 14.1. The number of hydrogen-bond donors (Lipinski definition) is 3. The summed E-state index contributed by atoms with van der Waals surface area (Å²) in [5.41, 5.74) is 6.31. The number of hydrogen-bond acceptors (Lipinski definition) is 4. The Bertz CT molecular complexity index is 936. The standard InChI is InChI=1S/C19H21N5/c1-4-5-14-17-16(23-14)9-15(24-19(17)22-11(2)3)13-8-12-6-7-20-18(12)21-10-13/h5-11,23H,4H2,1-3H3,(H,20,21)(H,22,24)/b14-5-. The first-order chi connectivity index (χ1) is 11.7. The summed E-state index contributed by atoms with van der Waals surface area (Å²) in [6.07, 6.45) is 6.97. The Kier molecular flexibility index (Phi) is 3.49. The van der Waals surface area contributed by atoms with E-state index in [9.17, 15) is 0 Å². The predicted octanol–water partition coefficient (Wildman–Crippen LogP) is 4.62. The van der Waals surface area contributed by atoms with Crippen molar-refractivity contribution in [3.8, 4) is 11.3 Å².